The van der Waals surface area contributed by atoms with Crippen molar-refractivity contribution in [1.29, 1.82) is 0 Å². The molecule has 2 aromatic rings. The Labute approximate surface area is 130 Å². The van der Waals surface area contributed by atoms with Crippen LogP contribution in [0, 0.1) is 0 Å². The number of hydrogen-bond acceptors (Lipinski definition) is 3. The summed E-state index contributed by atoms with van der Waals surface area (Å²) in [4.78, 5) is 23.9. The molecular weight excluding hydrogens is 311 g/mol. The Hall–Kier alpha value is -2.04. The van der Waals surface area contributed by atoms with Gasteiger partial charge in [-0.3, -0.25) is 9.59 Å². The monoisotopic (exact) mass is 320 g/mol. The van der Waals surface area contributed by atoms with Crippen molar-refractivity contribution in [3.05, 3.63) is 57.1 Å². The fourth-order valence-corrected chi connectivity index (χ4v) is 2.81. The Bertz CT molecular complexity index is 787. The number of benzene rings is 2. The predicted octanol–water partition coefficient (Wildman–Crippen LogP) is 3.30. The molecule has 0 atom stereocenters. The molecule has 106 valence electrons. The first kappa shape index (κ1) is 13.9. The van der Waals surface area contributed by atoms with Crippen molar-refractivity contribution in [3.63, 3.8) is 0 Å². The summed E-state index contributed by atoms with van der Waals surface area (Å²) in [6, 6.07) is 7.89. The van der Waals surface area contributed by atoms with E-state index >= 15 is 0 Å². The van der Waals surface area contributed by atoms with Gasteiger partial charge in [0.1, 0.15) is 0 Å². The van der Waals surface area contributed by atoms with Crippen LogP contribution in [0.15, 0.2) is 30.3 Å². The maximum absolute atomic E-state index is 12.6. The highest BCUT2D eigenvalue weighted by molar-refractivity contribution is 6.38. The summed E-state index contributed by atoms with van der Waals surface area (Å²) in [5.74, 6) is -0.414. The molecule has 1 aliphatic rings. The van der Waals surface area contributed by atoms with Crippen molar-refractivity contribution in [2.45, 2.75) is 6.42 Å². The second-order valence-electron chi connectivity index (χ2n) is 4.78. The van der Waals surface area contributed by atoms with Crippen LogP contribution in [0.25, 0.3) is 0 Å². The molecule has 0 bridgehead atoms. The van der Waals surface area contributed by atoms with Gasteiger partial charge in [0.05, 0.1) is 16.5 Å². The van der Waals surface area contributed by atoms with Crippen molar-refractivity contribution in [2.24, 2.45) is 0 Å². The molecule has 1 heterocycles. The van der Waals surface area contributed by atoms with Gasteiger partial charge in [-0.25, -0.2) is 0 Å². The average molecular weight is 321 g/mol. The van der Waals surface area contributed by atoms with Crippen molar-refractivity contribution >= 4 is 46.3 Å². The number of rotatable bonds is 2. The molecule has 0 fully saturated rings. The van der Waals surface area contributed by atoms with Gasteiger partial charge in [-0.15, -0.1) is 0 Å². The summed E-state index contributed by atoms with van der Waals surface area (Å²) in [6.45, 7) is 0. The van der Waals surface area contributed by atoms with E-state index in [2.05, 4.69) is 5.32 Å². The minimum absolute atomic E-state index is 0.115. The standard InChI is InChI=1S/C15H10Cl2N2O2/c16-11-5-8(18)1-2-9(11)15(21)10-3-7-4-14(20)19-13(7)6-12(10)17/h1-3,5-6H,4,18H2,(H,19,20). The highest BCUT2D eigenvalue weighted by atomic mass is 35.5. The lowest BCUT2D eigenvalue weighted by atomic mass is 10.00. The SMILES string of the molecule is Nc1ccc(C(=O)c2cc3c(cc2Cl)NC(=O)C3)c(Cl)c1. The number of nitrogen functional groups attached to an aromatic ring is 1. The number of carbonyl (C=O) groups excluding carboxylic acids is 2. The van der Waals surface area contributed by atoms with Gasteiger partial charge >= 0.3 is 0 Å². The van der Waals surface area contributed by atoms with Crippen LogP contribution >= 0.6 is 23.2 Å². The normalized spacial score (nSPS) is 13.0. The van der Waals surface area contributed by atoms with Gasteiger partial charge in [-0.1, -0.05) is 23.2 Å². The largest absolute Gasteiger partial charge is 0.399 e. The van der Waals surface area contributed by atoms with Gasteiger partial charge in [0.25, 0.3) is 0 Å². The lowest BCUT2D eigenvalue weighted by Crippen LogP contribution is -2.04. The van der Waals surface area contributed by atoms with Gasteiger partial charge in [-0.05, 0) is 35.9 Å². The number of ketones is 1. The van der Waals surface area contributed by atoms with Crippen LogP contribution in [0.3, 0.4) is 0 Å². The number of anilines is 2. The van der Waals surface area contributed by atoms with E-state index < -0.39 is 0 Å². The van der Waals surface area contributed by atoms with Gasteiger partial charge in [0.15, 0.2) is 5.78 Å². The maximum atomic E-state index is 12.6. The van der Waals surface area contributed by atoms with E-state index in [0.717, 1.165) is 5.56 Å². The molecule has 0 aliphatic carbocycles. The third kappa shape index (κ3) is 2.48. The van der Waals surface area contributed by atoms with Gasteiger partial charge in [-0.2, -0.15) is 0 Å². The van der Waals surface area contributed by atoms with Crippen LogP contribution in [0.2, 0.25) is 10.0 Å². The molecule has 0 radical (unpaired) electrons. The van der Waals surface area contributed by atoms with E-state index in [4.69, 9.17) is 28.9 Å². The molecular formula is C15H10Cl2N2O2. The lowest BCUT2D eigenvalue weighted by molar-refractivity contribution is -0.115. The smallest absolute Gasteiger partial charge is 0.228 e. The molecule has 3 N–H and O–H groups in total. The summed E-state index contributed by atoms with van der Waals surface area (Å²) >= 11 is 12.2. The summed E-state index contributed by atoms with van der Waals surface area (Å²) in [7, 11) is 0. The summed E-state index contributed by atoms with van der Waals surface area (Å²) in [5.41, 5.74) is 8.13. The molecule has 1 aliphatic heterocycles. The third-order valence-electron chi connectivity index (χ3n) is 3.30. The Kier molecular flexibility index (Phi) is 3.35. The third-order valence-corrected chi connectivity index (χ3v) is 3.93. The Morgan fingerprint density at radius 1 is 1.10 bits per heavy atom. The molecule has 4 nitrogen and oxygen atoms in total. The molecule has 6 heteroatoms. The van der Waals surface area contributed by atoms with E-state index in [0.29, 0.717) is 22.5 Å². The molecule has 1 amide bonds. The Balaban J connectivity index is 2.06. The fourth-order valence-electron chi connectivity index (χ4n) is 2.28. The van der Waals surface area contributed by atoms with Crippen LogP contribution in [-0.2, 0) is 11.2 Å². The number of fused-ring (bicyclic) bond motifs is 1. The molecule has 0 aromatic heterocycles. The van der Waals surface area contributed by atoms with Crippen molar-refractivity contribution in [1.82, 2.24) is 0 Å². The summed E-state index contributed by atoms with van der Waals surface area (Å²) in [5, 5.41) is 3.23. The maximum Gasteiger partial charge on any atom is 0.228 e. The highest BCUT2D eigenvalue weighted by Gasteiger charge is 2.23. The zero-order valence-corrected chi connectivity index (χ0v) is 12.3. The lowest BCUT2D eigenvalue weighted by Gasteiger charge is -2.08. The van der Waals surface area contributed by atoms with E-state index in [9.17, 15) is 9.59 Å². The Morgan fingerprint density at radius 3 is 2.52 bits per heavy atom. The van der Waals surface area contributed by atoms with Crippen LogP contribution in [0.5, 0.6) is 0 Å². The molecule has 0 saturated heterocycles. The topological polar surface area (TPSA) is 72.2 Å². The van der Waals surface area contributed by atoms with Crippen molar-refractivity contribution in [3.8, 4) is 0 Å². The fraction of sp³-hybridized carbons (Fsp3) is 0.0667. The predicted molar refractivity (Wildman–Crippen MR) is 83.1 cm³/mol. The first-order valence-corrected chi connectivity index (χ1v) is 6.93. The van der Waals surface area contributed by atoms with Crippen molar-refractivity contribution in [2.75, 3.05) is 11.1 Å². The first-order valence-electron chi connectivity index (χ1n) is 6.17. The minimum Gasteiger partial charge on any atom is -0.399 e. The summed E-state index contributed by atoms with van der Waals surface area (Å²) < 4.78 is 0. The van der Waals surface area contributed by atoms with E-state index in [-0.39, 0.29) is 28.2 Å². The molecule has 0 saturated carbocycles. The average Bonchev–Trinajstić information content (AvgIpc) is 2.76. The number of carbonyl (C=O) groups is 2. The highest BCUT2D eigenvalue weighted by Crippen LogP contribution is 2.32. The second-order valence-corrected chi connectivity index (χ2v) is 5.60. The first-order chi connectivity index (χ1) is 9.95. The Morgan fingerprint density at radius 2 is 1.81 bits per heavy atom. The quantitative estimate of drug-likeness (QED) is 0.658. The number of nitrogens with one attached hydrogen (secondary N) is 1. The van der Waals surface area contributed by atoms with E-state index in [1.54, 1.807) is 24.3 Å². The molecule has 21 heavy (non-hydrogen) atoms. The van der Waals surface area contributed by atoms with Crippen LogP contribution in [0.4, 0.5) is 11.4 Å². The number of nitrogens with two attached hydrogens (primary N) is 1. The zero-order valence-electron chi connectivity index (χ0n) is 10.7. The number of halogens is 2. The van der Waals surface area contributed by atoms with Crippen LogP contribution in [-0.4, -0.2) is 11.7 Å². The molecule has 0 spiro atoms. The molecule has 3 rings (SSSR count). The number of hydrogen-bond donors (Lipinski definition) is 2. The van der Waals surface area contributed by atoms with E-state index in [1.807, 2.05) is 0 Å². The van der Waals surface area contributed by atoms with Crippen LogP contribution < -0.4 is 11.1 Å². The van der Waals surface area contributed by atoms with E-state index in [1.165, 1.54) is 6.07 Å². The van der Waals surface area contributed by atoms with Crippen molar-refractivity contribution < 1.29 is 9.59 Å². The molecule has 2 aromatic carbocycles. The zero-order chi connectivity index (χ0) is 15.1. The summed E-state index contributed by atoms with van der Waals surface area (Å²) in [6.07, 6.45) is 0.238. The molecule has 0 unspecified atom stereocenters. The van der Waals surface area contributed by atoms with Crippen LogP contribution in [0.1, 0.15) is 21.5 Å². The van der Waals surface area contributed by atoms with Gasteiger partial charge in [0.2, 0.25) is 5.91 Å². The second kappa shape index (κ2) is 5.06. The number of amides is 1. The minimum atomic E-state index is -0.299. The van der Waals surface area contributed by atoms with Gasteiger partial charge < -0.3 is 11.1 Å². The van der Waals surface area contributed by atoms with Gasteiger partial charge in [0, 0.05) is 22.5 Å².